The van der Waals surface area contributed by atoms with E-state index >= 15 is 0 Å². The van der Waals surface area contributed by atoms with Crippen LogP contribution in [0.25, 0.3) is 0 Å². The lowest BCUT2D eigenvalue weighted by atomic mass is 10.4. The summed E-state index contributed by atoms with van der Waals surface area (Å²) in [5.41, 5.74) is 0. The quantitative estimate of drug-likeness (QED) is 0.651. The molecule has 3 nitrogen and oxygen atoms in total. The molecule has 0 aromatic heterocycles. The number of hydrogen-bond donors (Lipinski definition) is 1. The second-order valence-electron chi connectivity index (χ2n) is 3.47. The van der Waals surface area contributed by atoms with Crippen LogP contribution in [0.15, 0.2) is 0 Å². The Bertz CT molecular complexity index is 123. The van der Waals surface area contributed by atoms with Crippen LogP contribution in [0.5, 0.6) is 0 Å². The van der Waals surface area contributed by atoms with E-state index in [0.29, 0.717) is 12.7 Å². The van der Waals surface area contributed by atoms with Gasteiger partial charge in [-0.3, -0.25) is 0 Å². The van der Waals surface area contributed by atoms with Gasteiger partial charge in [0, 0.05) is 0 Å². The van der Waals surface area contributed by atoms with Gasteiger partial charge in [-0.2, -0.15) is 0 Å². The van der Waals surface area contributed by atoms with Crippen molar-refractivity contribution in [2.24, 2.45) is 0 Å². The third-order valence-corrected chi connectivity index (χ3v) is 1.82. The van der Waals surface area contributed by atoms with Gasteiger partial charge in [-0.25, -0.2) is 0 Å². The normalized spacial score (nSPS) is 22.2. The fraction of sp³-hybridized carbons (Fsp3) is 1.00. The predicted octanol–water partition coefficient (Wildman–Crippen LogP) is 0.951. The van der Waals surface area contributed by atoms with Gasteiger partial charge in [0.25, 0.3) is 0 Å². The third kappa shape index (κ3) is 4.04. The Kier molecular flexibility index (Phi) is 3.98. The minimum Gasteiger partial charge on any atom is -0.394 e. The molecule has 0 saturated heterocycles. The zero-order chi connectivity index (χ0) is 8.97. The van der Waals surface area contributed by atoms with Gasteiger partial charge in [-0.1, -0.05) is 0 Å². The van der Waals surface area contributed by atoms with Crippen molar-refractivity contribution in [2.45, 2.75) is 45.0 Å². The monoisotopic (exact) mass is 174 g/mol. The van der Waals surface area contributed by atoms with Crippen LogP contribution in [0.2, 0.25) is 0 Å². The summed E-state index contributed by atoms with van der Waals surface area (Å²) < 4.78 is 10.9. The molecule has 1 rings (SSSR count). The van der Waals surface area contributed by atoms with Crippen LogP contribution in [0.4, 0.5) is 0 Å². The van der Waals surface area contributed by atoms with Crippen LogP contribution in [0.3, 0.4) is 0 Å². The molecular formula is C9H18O3. The minimum atomic E-state index is -0.0738. The topological polar surface area (TPSA) is 38.7 Å². The molecule has 0 radical (unpaired) electrons. The van der Waals surface area contributed by atoms with Crippen molar-refractivity contribution >= 4 is 0 Å². The first kappa shape index (κ1) is 9.96. The Morgan fingerprint density at radius 2 is 2.00 bits per heavy atom. The molecule has 0 aromatic rings. The molecular weight excluding hydrogens is 156 g/mol. The third-order valence-electron chi connectivity index (χ3n) is 1.82. The lowest BCUT2D eigenvalue weighted by Crippen LogP contribution is -2.22. The van der Waals surface area contributed by atoms with E-state index in [-0.39, 0.29) is 18.8 Å². The first-order valence-electron chi connectivity index (χ1n) is 4.60. The van der Waals surface area contributed by atoms with Crippen LogP contribution in [0.1, 0.15) is 26.7 Å². The van der Waals surface area contributed by atoms with Crippen molar-refractivity contribution in [1.82, 2.24) is 0 Å². The Morgan fingerprint density at radius 3 is 2.50 bits per heavy atom. The highest BCUT2D eigenvalue weighted by molar-refractivity contribution is 4.74. The molecule has 1 aliphatic carbocycles. The highest BCUT2D eigenvalue weighted by atomic mass is 16.5. The van der Waals surface area contributed by atoms with E-state index in [4.69, 9.17) is 14.6 Å². The van der Waals surface area contributed by atoms with Crippen LogP contribution in [0, 0.1) is 0 Å². The van der Waals surface area contributed by atoms with E-state index in [1.807, 2.05) is 13.8 Å². The number of aliphatic hydroxyl groups excluding tert-OH is 1. The molecule has 0 aromatic carbocycles. The first-order valence-corrected chi connectivity index (χ1v) is 4.60. The maximum Gasteiger partial charge on any atom is 0.0784 e. The van der Waals surface area contributed by atoms with Gasteiger partial charge in [-0.05, 0) is 26.7 Å². The summed E-state index contributed by atoms with van der Waals surface area (Å²) in [6.07, 6.45) is 2.95. The molecule has 0 aliphatic heterocycles. The van der Waals surface area contributed by atoms with Gasteiger partial charge in [-0.15, -0.1) is 0 Å². The average molecular weight is 174 g/mol. The highest BCUT2D eigenvalue weighted by Crippen LogP contribution is 2.24. The molecule has 3 heteroatoms. The fourth-order valence-corrected chi connectivity index (χ4v) is 0.924. The summed E-state index contributed by atoms with van der Waals surface area (Å²) in [4.78, 5) is 0. The molecule has 1 saturated carbocycles. The zero-order valence-corrected chi connectivity index (χ0v) is 7.82. The highest BCUT2D eigenvalue weighted by Gasteiger charge is 2.24. The van der Waals surface area contributed by atoms with Crippen molar-refractivity contribution in [2.75, 3.05) is 13.2 Å². The average Bonchev–Trinajstić information content (AvgIpc) is 2.84. The first-order chi connectivity index (χ1) is 5.72. The molecule has 2 atom stereocenters. The zero-order valence-electron chi connectivity index (χ0n) is 7.82. The van der Waals surface area contributed by atoms with Gasteiger partial charge >= 0.3 is 0 Å². The number of hydrogen-bond acceptors (Lipinski definition) is 3. The SMILES string of the molecule is CC(CO)OCC(C)OC1CC1. The van der Waals surface area contributed by atoms with E-state index in [1.165, 1.54) is 12.8 Å². The van der Waals surface area contributed by atoms with Crippen molar-refractivity contribution in [3.05, 3.63) is 0 Å². The van der Waals surface area contributed by atoms with E-state index in [9.17, 15) is 0 Å². The summed E-state index contributed by atoms with van der Waals surface area (Å²) in [5, 5.41) is 8.68. The largest absolute Gasteiger partial charge is 0.394 e. The minimum absolute atomic E-state index is 0.0738. The lowest BCUT2D eigenvalue weighted by Gasteiger charge is -2.15. The van der Waals surface area contributed by atoms with Crippen LogP contribution in [-0.4, -0.2) is 36.6 Å². The molecule has 72 valence electrons. The molecule has 12 heavy (non-hydrogen) atoms. The number of aliphatic hydroxyl groups is 1. The second-order valence-corrected chi connectivity index (χ2v) is 3.47. The molecule has 1 fully saturated rings. The van der Waals surface area contributed by atoms with Gasteiger partial charge in [0.1, 0.15) is 0 Å². The molecule has 0 spiro atoms. The van der Waals surface area contributed by atoms with E-state index < -0.39 is 0 Å². The Balaban J connectivity index is 1.96. The molecule has 1 N–H and O–H groups in total. The van der Waals surface area contributed by atoms with Gasteiger partial charge in [0.05, 0.1) is 31.5 Å². The van der Waals surface area contributed by atoms with Crippen molar-refractivity contribution < 1.29 is 14.6 Å². The van der Waals surface area contributed by atoms with Gasteiger partial charge < -0.3 is 14.6 Å². The number of rotatable bonds is 6. The molecule has 0 bridgehead atoms. The molecule has 0 amide bonds. The Labute approximate surface area is 73.7 Å². The van der Waals surface area contributed by atoms with Gasteiger partial charge in [0.2, 0.25) is 0 Å². The van der Waals surface area contributed by atoms with Crippen LogP contribution in [-0.2, 0) is 9.47 Å². The van der Waals surface area contributed by atoms with Gasteiger partial charge in [0.15, 0.2) is 0 Å². The van der Waals surface area contributed by atoms with E-state index in [0.717, 1.165) is 0 Å². The molecule has 1 aliphatic rings. The second kappa shape index (κ2) is 4.80. The fourth-order valence-electron chi connectivity index (χ4n) is 0.924. The summed E-state index contributed by atoms with van der Waals surface area (Å²) in [6.45, 7) is 4.51. The van der Waals surface area contributed by atoms with E-state index in [1.54, 1.807) is 0 Å². The van der Waals surface area contributed by atoms with Crippen molar-refractivity contribution in [3.8, 4) is 0 Å². The Hall–Kier alpha value is -0.120. The van der Waals surface area contributed by atoms with Crippen LogP contribution >= 0.6 is 0 Å². The maximum absolute atomic E-state index is 8.68. The predicted molar refractivity (Wildman–Crippen MR) is 46.1 cm³/mol. The van der Waals surface area contributed by atoms with Crippen molar-refractivity contribution in [3.63, 3.8) is 0 Å². The maximum atomic E-state index is 8.68. The van der Waals surface area contributed by atoms with E-state index in [2.05, 4.69) is 0 Å². The Morgan fingerprint density at radius 1 is 1.33 bits per heavy atom. The number of ether oxygens (including phenoxy) is 2. The summed E-state index contributed by atoms with van der Waals surface area (Å²) in [7, 11) is 0. The van der Waals surface area contributed by atoms with Crippen molar-refractivity contribution in [1.29, 1.82) is 0 Å². The summed E-state index contributed by atoms with van der Waals surface area (Å²) >= 11 is 0. The summed E-state index contributed by atoms with van der Waals surface area (Å²) in [5.74, 6) is 0. The smallest absolute Gasteiger partial charge is 0.0784 e. The lowest BCUT2D eigenvalue weighted by molar-refractivity contribution is -0.0505. The summed E-state index contributed by atoms with van der Waals surface area (Å²) in [6, 6.07) is 0. The standard InChI is InChI=1S/C9H18O3/c1-7(5-10)11-6-8(2)12-9-3-4-9/h7-10H,3-6H2,1-2H3. The molecule has 0 heterocycles. The van der Waals surface area contributed by atoms with Crippen LogP contribution < -0.4 is 0 Å². The molecule has 2 unspecified atom stereocenters.